The van der Waals surface area contributed by atoms with E-state index in [1.807, 2.05) is 0 Å². The van der Waals surface area contributed by atoms with Gasteiger partial charge in [0.2, 0.25) is 0 Å². The normalized spacial score (nSPS) is 33.5. The molecular formula is C16H31N3. The molecule has 0 aromatic carbocycles. The summed E-state index contributed by atoms with van der Waals surface area (Å²) in [5, 5.41) is 3.82. The van der Waals surface area contributed by atoms with Gasteiger partial charge in [0.1, 0.15) is 0 Å². The van der Waals surface area contributed by atoms with Gasteiger partial charge in [-0.15, -0.1) is 0 Å². The summed E-state index contributed by atoms with van der Waals surface area (Å²) in [6.07, 6.45) is 11.3. The maximum Gasteiger partial charge on any atom is 0.0111 e. The first-order chi connectivity index (χ1) is 9.42. The van der Waals surface area contributed by atoms with Crippen molar-refractivity contribution in [2.24, 2.45) is 0 Å². The van der Waals surface area contributed by atoms with Crippen LogP contribution >= 0.6 is 0 Å². The summed E-state index contributed by atoms with van der Waals surface area (Å²) in [6, 6.07) is 1.72. The second kappa shape index (κ2) is 7.05. The lowest BCUT2D eigenvalue weighted by Crippen LogP contribution is -2.46. The van der Waals surface area contributed by atoms with Crippen LogP contribution in [-0.2, 0) is 0 Å². The smallest absolute Gasteiger partial charge is 0.0111 e. The predicted molar refractivity (Wildman–Crippen MR) is 80.5 cm³/mol. The van der Waals surface area contributed by atoms with Crippen LogP contribution < -0.4 is 5.32 Å². The van der Waals surface area contributed by atoms with E-state index in [0.717, 1.165) is 12.1 Å². The number of hydrogen-bond donors (Lipinski definition) is 1. The molecule has 3 saturated heterocycles. The molecule has 0 spiro atoms. The fourth-order valence-corrected chi connectivity index (χ4v) is 4.20. The largest absolute Gasteiger partial charge is 0.314 e. The van der Waals surface area contributed by atoms with E-state index in [9.17, 15) is 0 Å². The Morgan fingerprint density at radius 1 is 0.895 bits per heavy atom. The van der Waals surface area contributed by atoms with Gasteiger partial charge in [0.15, 0.2) is 0 Å². The van der Waals surface area contributed by atoms with Crippen molar-refractivity contribution >= 4 is 0 Å². The minimum Gasteiger partial charge on any atom is -0.314 e. The van der Waals surface area contributed by atoms with E-state index in [2.05, 4.69) is 15.1 Å². The summed E-state index contributed by atoms with van der Waals surface area (Å²) >= 11 is 0. The molecule has 2 atom stereocenters. The summed E-state index contributed by atoms with van der Waals surface area (Å²) in [6.45, 7) is 7.95. The molecule has 3 heteroatoms. The highest BCUT2D eigenvalue weighted by atomic mass is 15.2. The summed E-state index contributed by atoms with van der Waals surface area (Å²) in [4.78, 5) is 5.37. The quantitative estimate of drug-likeness (QED) is 0.768. The fourth-order valence-electron chi connectivity index (χ4n) is 4.20. The molecule has 19 heavy (non-hydrogen) atoms. The summed E-state index contributed by atoms with van der Waals surface area (Å²) in [7, 11) is 0. The summed E-state index contributed by atoms with van der Waals surface area (Å²) < 4.78 is 0. The SMILES string of the molecule is C1CCN(CCCNC2CCN3CCCC3C2)CC1. The first kappa shape index (κ1) is 13.8. The minimum atomic E-state index is 0.806. The van der Waals surface area contributed by atoms with E-state index in [4.69, 9.17) is 0 Å². The first-order valence-corrected chi connectivity index (χ1v) is 8.61. The van der Waals surface area contributed by atoms with Crippen molar-refractivity contribution in [1.82, 2.24) is 15.1 Å². The molecule has 2 unspecified atom stereocenters. The second-order valence-corrected chi connectivity index (χ2v) is 6.76. The van der Waals surface area contributed by atoms with Gasteiger partial charge in [-0.05, 0) is 84.2 Å². The lowest BCUT2D eigenvalue weighted by molar-refractivity contribution is 0.165. The van der Waals surface area contributed by atoms with Crippen molar-refractivity contribution in [3.63, 3.8) is 0 Å². The lowest BCUT2D eigenvalue weighted by Gasteiger charge is -2.35. The van der Waals surface area contributed by atoms with Crippen molar-refractivity contribution in [3.05, 3.63) is 0 Å². The van der Waals surface area contributed by atoms with Crippen molar-refractivity contribution in [1.29, 1.82) is 0 Å². The Morgan fingerprint density at radius 2 is 1.79 bits per heavy atom. The lowest BCUT2D eigenvalue weighted by atomic mass is 9.97. The van der Waals surface area contributed by atoms with Crippen molar-refractivity contribution in [2.45, 2.75) is 63.5 Å². The third-order valence-corrected chi connectivity index (χ3v) is 5.35. The van der Waals surface area contributed by atoms with Crippen LogP contribution in [0.3, 0.4) is 0 Å². The average Bonchev–Trinajstić information content (AvgIpc) is 2.92. The molecule has 3 aliphatic heterocycles. The molecule has 3 aliphatic rings. The van der Waals surface area contributed by atoms with E-state index < -0.39 is 0 Å². The molecule has 110 valence electrons. The van der Waals surface area contributed by atoms with Crippen LogP contribution in [-0.4, -0.2) is 61.2 Å². The van der Waals surface area contributed by atoms with E-state index in [1.54, 1.807) is 0 Å². The Labute approximate surface area is 118 Å². The van der Waals surface area contributed by atoms with E-state index in [-0.39, 0.29) is 0 Å². The maximum atomic E-state index is 3.82. The molecule has 0 saturated carbocycles. The highest BCUT2D eigenvalue weighted by molar-refractivity contribution is 4.89. The fraction of sp³-hybridized carbons (Fsp3) is 1.00. The average molecular weight is 265 g/mol. The van der Waals surface area contributed by atoms with Gasteiger partial charge in [-0.25, -0.2) is 0 Å². The van der Waals surface area contributed by atoms with Gasteiger partial charge in [0.05, 0.1) is 0 Å². The molecule has 0 aliphatic carbocycles. The standard InChI is InChI=1S/C16H31N3/c1-2-9-18(10-3-1)11-5-8-17-15-7-13-19-12-4-6-16(19)14-15/h15-17H,1-14H2. The third-order valence-electron chi connectivity index (χ3n) is 5.35. The molecule has 0 amide bonds. The van der Waals surface area contributed by atoms with Gasteiger partial charge >= 0.3 is 0 Å². The highest BCUT2D eigenvalue weighted by Crippen LogP contribution is 2.26. The Bertz CT molecular complexity index is 263. The number of nitrogens with zero attached hydrogens (tertiary/aromatic N) is 2. The van der Waals surface area contributed by atoms with Gasteiger partial charge in [0.25, 0.3) is 0 Å². The van der Waals surface area contributed by atoms with E-state index in [0.29, 0.717) is 0 Å². The Balaban J connectivity index is 1.27. The zero-order chi connectivity index (χ0) is 12.9. The molecular weight excluding hydrogens is 234 g/mol. The zero-order valence-corrected chi connectivity index (χ0v) is 12.4. The topological polar surface area (TPSA) is 18.5 Å². The van der Waals surface area contributed by atoms with Gasteiger partial charge in [0, 0.05) is 12.1 Å². The second-order valence-electron chi connectivity index (χ2n) is 6.76. The van der Waals surface area contributed by atoms with Gasteiger partial charge in [-0.3, -0.25) is 0 Å². The number of rotatable bonds is 5. The maximum absolute atomic E-state index is 3.82. The van der Waals surface area contributed by atoms with Crippen LogP contribution in [0.1, 0.15) is 51.4 Å². The highest BCUT2D eigenvalue weighted by Gasteiger charge is 2.31. The molecule has 3 heterocycles. The van der Waals surface area contributed by atoms with Crippen LogP contribution in [0, 0.1) is 0 Å². The van der Waals surface area contributed by atoms with Crippen LogP contribution in [0.4, 0.5) is 0 Å². The van der Waals surface area contributed by atoms with Crippen molar-refractivity contribution in [3.8, 4) is 0 Å². The minimum absolute atomic E-state index is 0.806. The number of piperidine rings is 2. The zero-order valence-electron chi connectivity index (χ0n) is 12.4. The Morgan fingerprint density at radius 3 is 2.68 bits per heavy atom. The number of likely N-dealkylation sites (tertiary alicyclic amines) is 1. The number of nitrogens with one attached hydrogen (secondary N) is 1. The van der Waals surface area contributed by atoms with E-state index in [1.165, 1.54) is 90.6 Å². The molecule has 0 aromatic rings. The van der Waals surface area contributed by atoms with Gasteiger partial charge in [-0.2, -0.15) is 0 Å². The molecule has 1 N–H and O–H groups in total. The molecule has 0 radical (unpaired) electrons. The van der Waals surface area contributed by atoms with Crippen LogP contribution in [0.15, 0.2) is 0 Å². The Hall–Kier alpha value is -0.120. The first-order valence-electron chi connectivity index (χ1n) is 8.61. The van der Waals surface area contributed by atoms with Gasteiger partial charge < -0.3 is 15.1 Å². The van der Waals surface area contributed by atoms with Crippen LogP contribution in [0.25, 0.3) is 0 Å². The van der Waals surface area contributed by atoms with Crippen molar-refractivity contribution < 1.29 is 0 Å². The molecule has 0 aromatic heterocycles. The molecule has 3 nitrogen and oxygen atoms in total. The molecule has 3 fully saturated rings. The summed E-state index contributed by atoms with van der Waals surface area (Å²) in [5.74, 6) is 0. The summed E-state index contributed by atoms with van der Waals surface area (Å²) in [5.41, 5.74) is 0. The van der Waals surface area contributed by atoms with Gasteiger partial charge in [-0.1, -0.05) is 6.42 Å². The molecule has 3 rings (SSSR count). The van der Waals surface area contributed by atoms with Crippen LogP contribution in [0.5, 0.6) is 0 Å². The number of hydrogen-bond acceptors (Lipinski definition) is 3. The third kappa shape index (κ3) is 3.93. The van der Waals surface area contributed by atoms with Crippen LogP contribution in [0.2, 0.25) is 0 Å². The molecule has 0 bridgehead atoms. The monoisotopic (exact) mass is 265 g/mol. The van der Waals surface area contributed by atoms with Crippen molar-refractivity contribution in [2.75, 3.05) is 39.3 Å². The number of fused-ring (bicyclic) bond motifs is 1. The Kier molecular flexibility index (Phi) is 5.14. The van der Waals surface area contributed by atoms with E-state index >= 15 is 0 Å². The predicted octanol–water partition coefficient (Wildman–Crippen LogP) is 2.08.